The van der Waals surface area contributed by atoms with Crippen LogP contribution in [0.2, 0.25) is 0 Å². The fourth-order valence-electron chi connectivity index (χ4n) is 1.64. The van der Waals surface area contributed by atoms with Gasteiger partial charge in [0, 0.05) is 5.56 Å². The van der Waals surface area contributed by atoms with Crippen molar-refractivity contribution in [1.29, 1.82) is 0 Å². The topological polar surface area (TPSA) is 49.7 Å². The highest BCUT2D eigenvalue weighted by Gasteiger charge is 2.43. The minimum Gasteiger partial charge on any atom is -0.266 e. The van der Waals surface area contributed by atoms with Crippen LogP contribution in [-0.4, -0.2) is 17.6 Å². The molecule has 3 rings (SSSR count). The monoisotopic (exact) mass is 172 g/mol. The maximum atomic E-state index is 11.4. The van der Waals surface area contributed by atoms with Crippen LogP contribution in [0.4, 0.5) is 10.5 Å². The zero-order valence-electron chi connectivity index (χ0n) is 6.52. The first-order chi connectivity index (χ1) is 6.29. The van der Waals surface area contributed by atoms with Crippen molar-refractivity contribution < 1.29 is 9.59 Å². The molecule has 0 radical (unpaired) electrons. The molecule has 0 N–H and O–H groups in total. The predicted octanol–water partition coefficient (Wildman–Crippen LogP) is 0.956. The van der Waals surface area contributed by atoms with Crippen LogP contribution < -0.4 is 4.90 Å². The van der Waals surface area contributed by atoms with E-state index in [1.807, 2.05) is 6.07 Å². The zero-order valence-corrected chi connectivity index (χ0v) is 6.52. The van der Waals surface area contributed by atoms with Crippen LogP contribution in [0, 0.1) is 0 Å². The van der Waals surface area contributed by atoms with Crippen molar-refractivity contribution in [1.82, 2.24) is 0 Å². The molecule has 0 aliphatic carbocycles. The van der Waals surface area contributed by atoms with Gasteiger partial charge >= 0.3 is 6.03 Å². The average Bonchev–Trinajstić information content (AvgIpc) is 2.56. The van der Waals surface area contributed by atoms with Crippen LogP contribution in [0.15, 0.2) is 29.3 Å². The molecular weight excluding hydrogens is 168 g/mol. The molecule has 0 saturated heterocycles. The van der Waals surface area contributed by atoms with Gasteiger partial charge < -0.3 is 0 Å². The summed E-state index contributed by atoms with van der Waals surface area (Å²) in [4.78, 5) is 27.3. The number of rotatable bonds is 0. The van der Waals surface area contributed by atoms with Gasteiger partial charge in [-0.15, -0.1) is 0 Å². The molecule has 2 heterocycles. The van der Waals surface area contributed by atoms with Gasteiger partial charge in [-0.3, -0.25) is 4.79 Å². The van der Waals surface area contributed by atoms with Gasteiger partial charge in [0.1, 0.15) is 5.71 Å². The van der Waals surface area contributed by atoms with E-state index in [0.29, 0.717) is 5.69 Å². The SMILES string of the molecule is O=C1N=C2C(=O)N1c1ccccc12. The van der Waals surface area contributed by atoms with Crippen molar-refractivity contribution in [2.45, 2.75) is 0 Å². The summed E-state index contributed by atoms with van der Waals surface area (Å²) in [5.41, 5.74) is 1.69. The zero-order chi connectivity index (χ0) is 9.00. The Morgan fingerprint density at radius 2 is 1.92 bits per heavy atom. The molecule has 0 spiro atoms. The predicted molar refractivity (Wildman–Crippen MR) is 45.9 cm³/mol. The lowest BCUT2D eigenvalue weighted by atomic mass is 10.1. The molecule has 0 fully saturated rings. The third-order valence-corrected chi connectivity index (χ3v) is 2.20. The lowest BCUT2D eigenvalue weighted by Crippen LogP contribution is -2.26. The summed E-state index contributed by atoms with van der Waals surface area (Å²) >= 11 is 0. The largest absolute Gasteiger partial charge is 0.355 e. The second-order valence-electron chi connectivity index (χ2n) is 2.90. The Hall–Kier alpha value is -1.97. The normalized spacial score (nSPS) is 17.8. The highest BCUT2D eigenvalue weighted by atomic mass is 16.2. The van der Waals surface area contributed by atoms with E-state index in [1.54, 1.807) is 18.2 Å². The molecule has 4 nitrogen and oxygen atoms in total. The van der Waals surface area contributed by atoms with Gasteiger partial charge in [-0.1, -0.05) is 18.2 Å². The smallest absolute Gasteiger partial charge is 0.266 e. The number of carbonyl (C=O) groups excluding carboxylic acids is 2. The summed E-state index contributed by atoms with van der Waals surface area (Å²) in [5, 5.41) is 0. The van der Waals surface area contributed by atoms with Crippen LogP contribution in [0.25, 0.3) is 0 Å². The van der Waals surface area contributed by atoms with Crippen molar-refractivity contribution in [2.75, 3.05) is 4.90 Å². The quantitative estimate of drug-likeness (QED) is 0.585. The molecule has 13 heavy (non-hydrogen) atoms. The Labute approximate surface area is 73.5 Å². The van der Waals surface area contributed by atoms with Crippen molar-refractivity contribution in [3.63, 3.8) is 0 Å². The van der Waals surface area contributed by atoms with Crippen LogP contribution >= 0.6 is 0 Å². The Bertz CT molecular complexity index is 476. The molecule has 1 aromatic rings. The summed E-state index contributed by atoms with van der Waals surface area (Å²) in [6.45, 7) is 0. The van der Waals surface area contributed by atoms with Crippen LogP contribution in [-0.2, 0) is 4.79 Å². The van der Waals surface area contributed by atoms with Gasteiger partial charge in [-0.2, -0.15) is 4.99 Å². The Morgan fingerprint density at radius 1 is 1.15 bits per heavy atom. The number of nitrogens with zero attached hydrogens (tertiary/aromatic N) is 2. The molecular formula is C9H4N2O2. The molecule has 4 heteroatoms. The van der Waals surface area contributed by atoms with E-state index < -0.39 is 6.03 Å². The van der Waals surface area contributed by atoms with Gasteiger partial charge in [0.15, 0.2) is 0 Å². The Kier molecular flexibility index (Phi) is 0.930. The Morgan fingerprint density at radius 3 is 2.77 bits per heavy atom. The number of fused-ring (bicyclic) bond motifs is 5. The number of hydrogen-bond acceptors (Lipinski definition) is 2. The van der Waals surface area contributed by atoms with E-state index in [9.17, 15) is 9.59 Å². The van der Waals surface area contributed by atoms with Gasteiger partial charge in [0.05, 0.1) is 5.69 Å². The highest BCUT2D eigenvalue weighted by molar-refractivity contribution is 6.63. The number of urea groups is 1. The standard InChI is InChI=1S/C9H4N2O2/c12-8-7-5-3-1-2-4-6(5)11(8)9(13)10-7/h1-4H. The minimum absolute atomic E-state index is 0.278. The molecule has 62 valence electrons. The van der Waals surface area contributed by atoms with Gasteiger partial charge in [-0.05, 0) is 6.07 Å². The molecule has 0 aromatic heterocycles. The number of imide groups is 1. The van der Waals surface area contributed by atoms with Crippen molar-refractivity contribution in [3.8, 4) is 0 Å². The number of anilines is 1. The molecule has 3 amide bonds. The molecule has 0 atom stereocenters. The third-order valence-electron chi connectivity index (χ3n) is 2.20. The van der Waals surface area contributed by atoms with Crippen molar-refractivity contribution in [2.24, 2.45) is 4.99 Å². The fourth-order valence-corrected chi connectivity index (χ4v) is 1.64. The number of hydrogen-bond donors (Lipinski definition) is 0. The number of carbonyl (C=O) groups is 2. The van der Waals surface area contributed by atoms with E-state index >= 15 is 0 Å². The van der Waals surface area contributed by atoms with E-state index in [2.05, 4.69) is 4.99 Å². The van der Waals surface area contributed by atoms with E-state index in [-0.39, 0.29) is 11.6 Å². The molecule has 0 saturated carbocycles. The number of benzene rings is 1. The van der Waals surface area contributed by atoms with Gasteiger partial charge in [-0.25, -0.2) is 9.69 Å². The molecule has 0 unspecified atom stereocenters. The Balaban J connectivity index is 2.39. The average molecular weight is 172 g/mol. The first-order valence-electron chi connectivity index (χ1n) is 3.85. The lowest BCUT2D eigenvalue weighted by Gasteiger charge is -2.09. The fraction of sp³-hybridized carbons (Fsp3) is 0. The number of aliphatic imine (C=N–C) groups is 1. The van der Waals surface area contributed by atoms with Gasteiger partial charge in [0.2, 0.25) is 0 Å². The molecule has 1 aromatic carbocycles. The summed E-state index contributed by atoms with van der Waals surface area (Å²) < 4.78 is 0. The summed E-state index contributed by atoms with van der Waals surface area (Å²) in [5.74, 6) is -0.300. The summed E-state index contributed by atoms with van der Waals surface area (Å²) in [6.07, 6.45) is 0. The van der Waals surface area contributed by atoms with E-state index in [0.717, 1.165) is 10.5 Å². The number of para-hydroxylation sites is 1. The van der Waals surface area contributed by atoms with E-state index in [4.69, 9.17) is 0 Å². The molecule has 2 bridgehead atoms. The lowest BCUT2D eigenvalue weighted by molar-refractivity contribution is -0.111. The molecule has 2 aliphatic rings. The second kappa shape index (κ2) is 1.85. The third kappa shape index (κ3) is 0.593. The van der Waals surface area contributed by atoms with Crippen molar-refractivity contribution in [3.05, 3.63) is 29.8 Å². The first-order valence-corrected chi connectivity index (χ1v) is 3.85. The van der Waals surface area contributed by atoms with Crippen LogP contribution in [0.3, 0.4) is 0 Å². The second-order valence-corrected chi connectivity index (χ2v) is 2.90. The first kappa shape index (κ1) is 6.54. The van der Waals surface area contributed by atoms with Crippen LogP contribution in [0.1, 0.15) is 5.56 Å². The summed E-state index contributed by atoms with van der Waals surface area (Å²) in [7, 11) is 0. The van der Waals surface area contributed by atoms with Crippen molar-refractivity contribution >= 4 is 23.3 Å². The maximum absolute atomic E-state index is 11.4. The highest BCUT2D eigenvalue weighted by Crippen LogP contribution is 2.33. The minimum atomic E-state index is -0.473. The van der Waals surface area contributed by atoms with Crippen LogP contribution in [0.5, 0.6) is 0 Å². The van der Waals surface area contributed by atoms with E-state index in [1.165, 1.54) is 0 Å². The summed E-state index contributed by atoms with van der Waals surface area (Å²) in [6, 6.07) is 6.67. The maximum Gasteiger partial charge on any atom is 0.355 e. The van der Waals surface area contributed by atoms with Gasteiger partial charge in [0.25, 0.3) is 5.91 Å². The molecule has 2 aliphatic heterocycles. The number of amides is 3.